The van der Waals surface area contributed by atoms with Crippen LogP contribution in [0.4, 0.5) is 4.79 Å². The van der Waals surface area contributed by atoms with Gasteiger partial charge in [-0.3, -0.25) is 0 Å². The molecule has 1 N–H and O–H groups in total. The number of aliphatic hydroxyl groups is 1. The summed E-state index contributed by atoms with van der Waals surface area (Å²) in [4.78, 5) is 10.7. The van der Waals surface area contributed by atoms with Crippen molar-refractivity contribution in [2.75, 3.05) is 13.2 Å². The average Bonchev–Trinajstić information content (AvgIpc) is 2.45. The van der Waals surface area contributed by atoms with Gasteiger partial charge < -0.3 is 14.6 Å². The summed E-state index contributed by atoms with van der Waals surface area (Å²) >= 11 is 0. The van der Waals surface area contributed by atoms with Crippen molar-refractivity contribution in [3.63, 3.8) is 0 Å². The molecule has 0 amide bonds. The van der Waals surface area contributed by atoms with Crippen molar-refractivity contribution in [3.05, 3.63) is 0 Å². The van der Waals surface area contributed by atoms with E-state index >= 15 is 0 Å². The van der Waals surface area contributed by atoms with E-state index in [9.17, 15) is 4.79 Å². The zero-order valence-corrected chi connectivity index (χ0v) is 8.08. The molecular formula is C9H16O4. The molecule has 4 heteroatoms. The fraction of sp³-hybridized carbons (Fsp3) is 0.889. The highest BCUT2D eigenvalue weighted by Gasteiger charge is 2.41. The third-order valence-electron chi connectivity index (χ3n) is 2.22. The van der Waals surface area contributed by atoms with E-state index in [4.69, 9.17) is 9.84 Å². The first-order valence-electron chi connectivity index (χ1n) is 4.55. The first-order valence-corrected chi connectivity index (χ1v) is 4.55. The zero-order chi connectivity index (χ0) is 9.90. The van der Waals surface area contributed by atoms with Crippen LogP contribution in [-0.4, -0.2) is 30.1 Å². The van der Waals surface area contributed by atoms with Crippen molar-refractivity contribution < 1.29 is 19.4 Å². The Morgan fingerprint density at radius 1 is 1.62 bits per heavy atom. The van der Waals surface area contributed by atoms with E-state index in [1.165, 1.54) is 0 Å². The molecule has 0 bridgehead atoms. The lowest BCUT2D eigenvalue weighted by atomic mass is 9.95. The molecule has 0 aliphatic carbocycles. The molecule has 1 aliphatic rings. The van der Waals surface area contributed by atoms with Crippen molar-refractivity contribution in [3.8, 4) is 0 Å². The van der Waals surface area contributed by atoms with Crippen LogP contribution >= 0.6 is 0 Å². The van der Waals surface area contributed by atoms with Crippen molar-refractivity contribution in [1.29, 1.82) is 0 Å². The van der Waals surface area contributed by atoms with Gasteiger partial charge in [0.2, 0.25) is 0 Å². The summed E-state index contributed by atoms with van der Waals surface area (Å²) in [7, 11) is 0. The number of carbonyl (C=O) groups is 1. The molecule has 0 aromatic rings. The first kappa shape index (κ1) is 10.3. The highest BCUT2D eigenvalue weighted by molar-refractivity contribution is 5.62. The van der Waals surface area contributed by atoms with Crippen LogP contribution in [0.3, 0.4) is 0 Å². The van der Waals surface area contributed by atoms with Gasteiger partial charge in [-0.1, -0.05) is 13.8 Å². The molecular weight excluding hydrogens is 172 g/mol. The van der Waals surface area contributed by atoms with Gasteiger partial charge in [-0.2, -0.15) is 0 Å². The van der Waals surface area contributed by atoms with Gasteiger partial charge in [-0.15, -0.1) is 0 Å². The fourth-order valence-electron chi connectivity index (χ4n) is 1.26. The largest absolute Gasteiger partial charge is 0.509 e. The molecule has 1 aliphatic heterocycles. The van der Waals surface area contributed by atoms with Gasteiger partial charge in [0, 0.05) is 0 Å². The summed E-state index contributed by atoms with van der Waals surface area (Å²) in [6.07, 6.45) is 0.905. The zero-order valence-electron chi connectivity index (χ0n) is 8.08. The summed E-state index contributed by atoms with van der Waals surface area (Å²) in [6.45, 7) is 4.19. The van der Waals surface area contributed by atoms with Gasteiger partial charge in [-0.05, 0) is 18.8 Å². The number of carbonyl (C=O) groups excluding carboxylic acids is 1. The molecule has 1 heterocycles. The minimum atomic E-state index is -0.776. The Balaban J connectivity index is 2.46. The molecule has 13 heavy (non-hydrogen) atoms. The second-order valence-corrected chi connectivity index (χ2v) is 3.91. The smallest absolute Gasteiger partial charge is 0.430 e. The van der Waals surface area contributed by atoms with Crippen LogP contribution in [0.2, 0.25) is 0 Å². The number of hydrogen-bond acceptors (Lipinski definition) is 4. The predicted octanol–water partition coefficient (Wildman–Crippen LogP) is 1.32. The van der Waals surface area contributed by atoms with Gasteiger partial charge >= 0.3 is 6.16 Å². The monoisotopic (exact) mass is 188 g/mol. The first-order chi connectivity index (χ1) is 6.08. The van der Waals surface area contributed by atoms with E-state index in [-0.39, 0.29) is 13.2 Å². The van der Waals surface area contributed by atoms with Gasteiger partial charge in [0.1, 0.15) is 6.61 Å². The lowest BCUT2D eigenvalue weighted by molar-refractivity contribution is -0.00285. The van der Waals surface area contributed by atoms with E-state index in [1.807, 2.05) is 0 Å². The fourth-order valence-corrected chi connectivity index (χ4v) is 1.26. The quantitative estimate of drug-likeness (QED) is 0.676. The lowest BCUT2D eigenvalue weighted by Crippen LogP contribution is -2.36. The maximum absolute atomic E-state index is 10.7. The van der Waals surface area contributed by atoms with E-state index in [1.54, 1.807) is 0 Å². The van der Waals surface area contributed by atoms with Gasteiger partial charge in [0.25, 0.3) is 0 Å². The Kier molecular flexibility index (Phi) is 3.14. The third-order valence-corrected chi connectivity index (χ3v) is 2.22. The van der Waals surface area contributed by atoms with Crippen LogP contribution in [0.1, 0.15) is 26.7 Å². The second-order valence-electron chi connectivity index (χ2n) is 3.91. The normalized spacial score (nSPS) is 27.5. The van der Waals surface area contributed by atoms with Crippen molar-refractivity contribution in [1.82, 2.24) is 0 Å². The molecule has 4 nitrogen and oxygen atoms in total. The van der Waals surface area contributed by atoms with Crippen molar-refractivity contribution >= 4 is 6.16 Å². The highest BCUT2D eigenvalue weighted by Crippen LogP contribution is 2.26. The Bertz CT molecular complexity index is 190. The summed E-state index contributed by atoms with van der Waals surface area (Å²) in [6, 6.07) is 0. The predicted molar refractivity (Wildman–Crippen MR) is 46.3 cm³/mol. The maximum atomic E-state index is 10.7. The van der Waals surface area contributed by atoms with Crippen LogP contribution in [0, 0.1) is 5.92 Å². The lowest BCUT2D eigenvalue weighted by Gasteiger charge is -2.22. The molecule has 76 valence electrons. The Hall–Kier alpha value is -0.770. The number of ether oxygens (including phenoxy) is 2. The van der Waals surface area contributed by atoms with Crippen LogP contribution < -0.4 is 0 Å². The molecule has 1 unspecified atom stereocenters. The van der Waals surface area contributed by atoms with Crippen molar-refractivity contribution in [2.24, 2.45) is 5.92 Å². The Morgan fingerprint density at radius 2 is 2.31 bits per heavy atom. The third kappa shape index (κ3) is 2.59. The highest BCUT2D eigenvalue weighted by atomic mass is 16.8. The summed E-state index contributed by atoms with van der Waals surface area (Å²) in [5.41, 5.74) is -0.776. The van der Waals surface area contributed by atoms with E-state index in [0.29, 0.717) is 12.3 Å². The molecule has 0 radical (unpaired) electrons. The Morgan fingerprint density at radius 3 is 2.69 bits per heavy atom. The van der Waals surface area contributed by atoms with E-state index in [2.05, 4.69) is 18.6 Å². The van der Waals surface area contributed by atoms with E-state index in [0.717, 1.165) is 6.42 Å². The van der Waals surface area contributed by atoms with Gasteiger partial charge in [0.15, 0.2) is 5.60 Å². The topological polar surface area (TPSA) is 55.8 Å². The number of cyclic esters (lactones) is 2. The minimum Gasteiger partial charge on any atom is -0.430 e. The average molecular weight is 188 g/mol. The standard InChI is InChI=1S/C9H16O4/c1-7(2)3-4-9(5-10)6-12-8(11)13-9/h7,10H,3-6H2,1-2H3. The molecule has 1 rings (SSSR count). The maximum Gasteiger partial charge on any atom is 0.509 e. The SMILES string of the molecule is CC(C)CCC1(CO)COC(=O)O1. The summed E-state index contributed by atoms with van der Waals surface area (Å²) in [5, 5.41) is 9.09. The molecule has 1 atom stereocenters. The van der Waals surface area contributed by atoms with Gasteiger partial charge in [0.05, 0.1) is 6.61 Å². The van der Waals surface area contributed by atoms with Crippen LogP contribution in [0.25, 0.3) is 0 Å². The van der Waals surface area contributed by atoms with Crippen LogP contribution in [-0.2, 0) is 9.47 Å². The van der Waals surface area contributed by atoms with E-state index < -0.39 is 11.8 Å². The number of aliphatic hydroxyl groups excluding tert-OH is 1. The number of rotatable bonds is 4. The minimum absolute atomic E-state index is 0.161. The summed E-state index contributed by atoms with van der Waals surface area (Å²) < 4.78 is 9.61. The molecule has 1 fully saturated rings. The molecule has 0 saturated carbocycles. The molecule has 1 saturated heterocycles. The molecule has 0 aromatic heterocycles. The Labute approximate surface area is 77.8 Å². The summed E-state index contributed by atoms with van der Waals surface area (Å²) in [5.74, 6) is 0.530. The van der Waals surface area contributed by atoms with Crippen LogP contribution in [0.15, 0.2) is 0 Å². The van der Waals surface area contributed by atoms with Crippen molar-refractivity contribution in [2.45, 2.75) is 32.3 Å². The molecule has 0 spiro atoms. The van der Waals surface area contributed by atoms with Crippen LogP contribution in [0.5, 0.6) is 0 Å². The number of hydrogen-bond donors (Lipinski definition) is 1. The van der Waals surface area contributed by atoms with Gasteiger partial charge in [-0.25, -0.2) is 4.79 Å². The molecule has 0 aromatic carbocycles. The second kappa shape index (κ2) is 3.96.